The fourth-order valence-corrected chi connectivity index (χ4v) is 1.85. The molecule has 0 spiro atoms. The Bertz CT molecular complexity index is 298. The Morgan fingerprint density at radius 1 is 1.11 bits per heavy atom. The van der Waals surface area contributed by atoms with Crippen molar-refractivity contribution in [3.63, 3.8) is 0 Å². The molecule has 2 N–H and O–H groups in total. The van der Waals surface area contributed by atoms with E-state index in [4.69, 9.17) is 0 Å². The highest BCUT2D eigenvalue weighted by Gasteiger charge is 2.01. The molecule has 1 aromatic heterocycles. The van der Waals surface area contributed by atoms with E-state index in [0.717, 1.165) is 32.0 Å². The molecule has 0 radical (unpaired) electrons. The highest BCUT2D eigenvalue weighted by molar-refractivity contribution is 5.09. The summed E-state index contributed by atoms with van der Waals surface area (Å²) in [5.74, 6) is 0.726. The molecule has 1 unspecified atom stereocenters. The highest BCUT2D eigenvalue weighted by Crippen LogP contribution is 1.99. The molecule has 102 valence electrons. The Morgan fingerprint density at radius 2 is 1.83 bits per heavy atom. The van der Waals surface area contributed by atoms with Gasteiger partial charge in [-0.3, -0.25) is 4.98 Å². The van der Waals surface area contributed by atoms with E-state index in [9.17, 15) is 0 Å². The second-order valence-corrected chi connectivity index (χ2v) is 5.37. The van der Waals surface area contributed by atoms with Crippen LogP contribution in [0.4, 0.5) is 0 Å². The van der Waals surface area contributed by atoms with Gasteiger partial charge >= 0.3 is 0 Å². The van der Waals surface area contributed by atoms with E-state index < -0.39 is 0 Å². The zero-order valence-electron chi connectivity index (χ0n) is 11.9. The molecule has 3 heteroatoms. The van der Waals surface area contributed by atoms with Gasteiger partial charge in [-0.25, -0.2) is 0 Å². The molecule has 1 heterocycles. The first-order valence-electron chi connectivity index (χ1n) is 7.01. The summed E-state index contributed by atoms with van der Waals surface area (Å²) in [4.78, 5) is 4.03. The lowest BCUT2D eigenvalue weighted by molar-refractivity contribution is 0.469. The maximum atomic E-state index is 4.03. The van der Waals surface area contributed by atoms with Crippen LogP contribution < -0.4 is 10.6 Å². The van der Waals surface area contributed by atoms with Crippen LogP contribution >= 0.6 is 0 Å². The average Bonchev–Trinajstić information content (AvgIpc) is 2.35. The monoisotopic (exact) mass is 249 g/mol. The van der Waals surface area contributed by atoms with Crippen LogP contribution in [0.15, 0.2) is 24.5 Å². The van der Waals surface area contributed by atoms with Gasteiger partial charge in [-0.15, -0.1) is 0 Å². The molecule has 1 atom stereocenters. The summed E-state index contributed by atoms with van der Waals surface area (Å²) in [6.45, 7) is 9.93. The highest BCUT2D eigenvalue weighted by atomic mass is 15.0. The summed E-state index contributed by atoms with van der Waals surface area (Å²) in [6, 6.07) is 4.72. The third-order valence-electron chi connectivity index (χ3n) is 2.89. The van der Waals surface area contributed by atoms with Gasteiger partial charge in [0, 0.05) is 25.0 Å². The van der Waals surface area contributed by atoms with Gasteiger partial charge in [0.2, 0.25) is 0 Å². The minimum absolute atomic E-state index is 0.543. The first-order valence-corrected chi connectivity index (χ1v) is 7.01. The topological polar surface area (TPSA) is 37.0 Å². The van der Waals surface area contributed by atoms with Gasteiger partial charge in [0.05, 0.1) is 0 Å². The van der Waals surface area contributed by atoms with Gasteiger partial charge in [-0.2, -0.15) is 0 Å². The van der Waals surface area contributed by atoms with E-state index in [0.29, 0.717) is 6.04 Å². The number of aromatic nitrogens is 1. The maximum Gasteiger partial charge on any atom is 0.0270 e. The lowest BCUT2D eigenvalue weighted by atomic mass is 10.1. The number of rotatable bonds is 9. The summed E-state index contributed by atoms with van der Waals surface area (Å²) >= 11 is 0. The summed E-state index contributed by atoms with van der Waals surface area (Å²) in [7, 11) is 0. The molecule has 0 fully saturated rings. The molecule has 18 heavy (non-hydrogen) atoms. The zero-order valence-corrected chi connectivity index (χ0v) is 11.9. The molecule has 0 aliphatic rings. The fourth-order valence-electron chi connectivity index (χ4n) is 1.85. The number of hydrogen-bond donors (Lipinski definition) is 2. The largest absolute Gasteiger partial charge is 0.315 e. The number of aryl methyl sites for hydroxylation is 1. The van der Waals surface area contributed by atoms with Crippen molar-refractivity contribution >= 4 is 0 Å². The summed E-state index contributed by atoms with van der Waals surface area (Å²) in [5.41, 5.74) is 1.37. The lowest BCUT2D eigenvalue weighted by Gasteiger charge is -2.15. The van der Waals surface area contributed by atoms with Gasteiger partial charge in [-0.05, 0) is 56.5 Å². The van der Waals surface area contributed by atoms with Crippen LogP contribution in [-0.4, -0.2) is 30.7 Å². The van der Waals surface area contributed by atoms with Crippen LogP contribution in [0.1, 0.15) is 32.8 Å². The van der Waals surface area contributed by atoms with Gasteiger partial charge in [-0.1, -0.05) is 13.8 Å². The van der Waals surface area contributed by atoms with E-state index in [-0.39, 0.29) is 0 Å². The molecule has 0 aliphatic carbocycles. The predicted molar refractivity (Wildman–Crippen MR) is 77.7 cm³/mol. The normalized spacial score (nSPS) is 12.9. The SMILES string of the molecule is CC(C)CNCC(C)NCCCc1ccncc1. The Balaban J connectivity index is 2.00. The van der Waals surface area contributed by atoms with Crippen molar-refractivity contribution < 1.29 is 0 Å². The standard InChI is InChI=1S/C15H27N3/c1-13(2)11-17-12-14(3)18-8-4-5-15-6-9-16-10-7-15/h6-7,9-10,13-14,17-18H,4-5,8,11-12H2,1-3H3. The quantitative estimate of drug-likeness (QED) is 0.659. The number of nitrogens with zero attached hydrogens (tertiary/aromatic N) is 1. The molecule has 0 aliphatic heterocycles. The van der Waals surface area contributed by atoms with Gasteiger partial charge in [0.15, 0.2) is 0 Å². The van der Waals surface area contributed by atoms with E-state index >= 15 is 0 Å². The number of pyridine rings is 1. The van der Waals surface area contributed by atoms with Crippen LogP contribution in [0.3, 0.4) is 0 Å². The lowest BCUT2D eigenvalue weighted by Crippen LogP contribution is -2.38. The first-order chi connectivity index (χ1) is 8.68. The van der Waals surface area contributed by atoms with Gasteiger partial charge in [0.1, 0.15) is 0 Å². The van der Waals surface area contributed by atoms with Crippen molar-refractivity contribution in [2.75, 3.05) is 19.6 Å². The molecule has 0 bridgehead atoms. The Labute approximate surface area is 111 Å². The van der Waals surface area contributed by atoms with Crippen molar-refractivity contribution in [1.82, 2.24) is 15.6 Å². The smallest absolute Gasteiger partial charge is 0.0270 e. The second-order valence-electron chi connectivity index (χ2n) is 5.37. The minimum Gasteiger partial charge on any atom is -0.315 e. The van der Waals surface area contributed by atoms with Crippen LogP contribution in [0, 0.1) is 5.92 Å². The van der Waals surface area contributed by atoms with Crippen molar-refractivity contribution in [2.24, 2.45) is 5.92 Å². The van der Waals surface area contributed by atoms with Crippen molar-refractivity contribution in [1.29, 1.82) is 0 Å². The first kappa shape index (κ1) is 15.1. The van der Waals surface area contributed by atoms with Gasteiger partial charge < -0.3 is 10.6 Å². The summed E-state index contributed by atoms with van der Waals surface area (Å²) in [6.07, 6.45) is 6.03. The van der Waals surface area contributed by atoms with Crippen LogP contribution in [-0.2, 0) is 6.42 Å². The summed E-state index contributed by atoms with van der Waals surface area (Å²) in [5, 5.41) is 7.02. The van der Waals surface area contributed by atoms with Crippen molar-refractivity contribution in [3.05, 3.63) is 30.1 Å². The summed E-state index contributed by atoms with van der Waals surface area (Å²) < 4.78 is 0. The average molecular weight is 249 g/mol. The van der Waals surface area contributed by atoms with E-state index in [1.807, 2.05) is 12.4 Å². The number of hydrogen-bond acceptors (Lipinski definition) is 3. The minimum atomic E-state index is 0.543. The number of nitrogens with one attached hydrogen (secondary N) is 2. The Morgan fingerprint density at radius 3 is 2.50 bits per heavy atom. The van der Waals surface area contributed by atoms with Crippen molar-refractivity contribution in [2.45, 2.75) is 39.7 Å². The van der Waals surface area contributed by atoms with Crippen molar-refractivity contribution in [3.8, 4) is 0 Å². The molecule has 0 saturated carbocycles. The maximum absolute atomic E-state index is 4.03. The molecule has 0 aromatic carbocycles. The molecular weight excluding hydrogens is 222 g/mol. The van der Waals surface area contributed by atoms with E-state index in [1.54, 1.807) is 0 Å². The van der Waals surface area contributed by atoms with E-state index in [2.05, 4.69) is 48.5 Å². The third-order valence-corrected chi connectivity index (χ3v) is 2.89. The Hall–Kier alpha value is -0.930. The molecule has 0 amide bonds. The molecule has 0 saturated heterocycles. The second kappa shape index (κ2) is 9.06. The fraction of sp³-hybridized carbons (Fsp3) is 0.667. The molecular formula is C15H27N3. The van der Waals surface area contributed by atoms with Gasteiger partial charge in [0.25, 0.3) is 0 Å². The predicted octanol–water partition coefficient (Wildman–Crippen LogP) is 2.24. The van der Waals surface area contributed by atoms with Crippen LogP contribution in [0.5, 0.6) is 0 Å². The van der Waals surface area contributed by atoms with E-state index in [1.165, 1.54) is 12.0 Å². The van der Waals surface area contributed by atoms with Crippen LogP contribution in [0.2, 0.25) is 0 Å². The van der Waals surface area contributed by atoms with Crippen LogP contribution in [0.25, 0.3) is 0 Å². The third kappa shape index (κ3) is 7.41. The molecule has 1 rings (SSSR count). The zero-order chi connectivity index (χ0) is 13.2. The molecule has 3 nitrogen and oxygen atoms in total. The Kier molecular flexibility index (Phi) is 7.62. The molecule has 1 aromatic rings.